The minimum Gasteiger partial charge on any atom is -0.352 e. The van der Waals surface area contributed by atoms with Gasteiger partial charge >= 0.3 is 0 Å². The molecule has 1 aromatic rings. The maximum atomic E-state index is 11.9. The van der Waals surface area contributed by atoms with Crippen LogP contribution in [0.15, 0.2) is 16.9 Å². The van der Waals surface area contributed by atoms with E-state index in [2.05, 4.69) is 26.3 Å². The van der Waals surface area contributed by atoms with Gasteiger partial charge in [0.15, 0.2) is 0 Å². The molecular weight excluding hydrogens is 270 g/mol. The van der Waals surface area contributed by atoms with Crippen molar-refractivity contribution in [3.8, 4) is 0 Å². The van der Waals surface area contributed by atoms with Gasteiger partial charge in [-0.3, -0.25) is 9.48 Å². The van der Waals surface area contributed by atoms with Crippen molar-refractivity contribution in [3.63, 3.8) is 0 Å². The van der Waals surface area contributed by atoms with Crippen LogP contribution in [0.1, 0.15) is 38.6 Å². The van der Waals surface area contributed by atoms with Crippen LogP contribution in [0.5, 0.6) is 0 Å². The molecule has 4 nitrogen and oxygen atoms in total. The average Bonchev–Trinajstić information content (AvgIpc) is 2.88. The predicted molar refractivity (Wildman–Crippen MR) is 65.0 cm³/mol. The molecule has 1 fully saturated rings. The second-order valence-electron chi connectivity index (χ2n) is 4.30. The van der Waals surface area contributed by atoms with Crippen molar-refractivity contribution in [2.45, 2.75) is 44.7 Å². The Morgan fingerprint density at radius 1 is 1.62 bits per heavy atom. The highest BCUT2D eigenvalue weighted by Crippen LogP contribution is 2.19. The Hall–Kier alpha value is -0.840. The minimum absolute atomic E-state index is 0.0579. The Labute approximate surface area is 104 Å². The molecule has 0 saturated heterocycles. The number of aromatic nitrogens is 2. The summed E-state index contributed by atoms with van der Waals surface area (Å²) in [7, 11) is 0. The lowest BCUT2D eigenvalue weighted by Crippen LogP contribution is -2.37. The molecule has 0 aliphatic heterocycles. The van der Waals surface area contributed by atoms with Crippen LogP contribution in [0.3, 0.4) is 0 Å². The monoisotopic (exact) mass is 285 g/mol. The van der Waals surface area contributed by atoms with E-state index >= 15 is 0 Å². The van der Waals surface area contributed by atoms with Gasteiger partial charge in [0.1, 0.15) is 6.04 Å². The van der Waals surface area contributed by atoms with Crippen molar-refractivity contribution in [1.82, 2.24) is 15.1 Å². The fourth-order valence-electron chi connectivity index (χ4n) is 2.04. The zero-order chi connectivity index (χ0) is 11.5. The first-order valence-electron chi connectivity index (χ1n) is 5.67. The number of amides is 1. The van der Waals surface area contributed by atoms with Crippen LogP contribution in [-0.4, -0.2) is 21.7 Å². The van der Waals surface area contributed by atoms with Crippen molar-refractivity contribution >= 4 is 21.8 Å². The highest BCUT2D eigenvalue weighted by molar-refractivity contribution is 9.10. The van der Waals surface area contributed by atoms with Crippen LogP contribution in [0.4, 0.5) is 0 Å². The third-order valence-electron chi connectivity index (χ3n) is 3.05. The Balaban J connectivity index is 1.93. The van der Waals surface area contributed by atoms with Gasteiger partial charge in [0.25, 0.3) is 0 Å². The maximum absolute atomic E-state index is 11.9. The molecule has 0 aromatic carbocycles. The molecule has 1 unspecified atom stereocenters. The highest BCUT2D eigenvalue weighted by Gasteiger charge is 2.21. The summed E-state index contributed by atoms with van der Waals surface area (Å²) in [5.74, 6) is 0.0579. The van der Waals surface area contributed by atoms with E-state index in [0.29, 0.717) is 6.04 Å². The van der Waals surface area contributed by atoms with Crippen molar-refractivity contribution in [2.24, 2.45) is 0 Å². The second kappa shape index (κ2) is 4.99. The largest absolute Gasteiger partial charge is 0.352 e. The molecule has 16 heavy (non-hydrogen) atoms. The van der Waals surface area contributed by atoms with Crippen LogP contribution in [0.25, 0.3) is 0 Å². The van der Waals surface area contributed by atoms with Gasteiger partial charge in [0, 0.05) is 12.2 Å². The molecule has 1 aliphatic carbocycles. The van der Waals surface area contributed by atoms with Gasteiger partial charge in [-0.15, -0.1) is 0 Å². The maximum Gasteiger partial charge on any atom is 0.244 e. The molecule has 1 N–H and O–H groups in total. The number of nitrogens with one attached hydrogen (secondary N) is 1. The smallest absolute Gasteiger partial charge is 0.244 e. The van der Waals surface area contributed by atoms with Gasteiger partial charge in [-0.05, 0) is 35.7 Å². The number of nitrogens with zero attached hydrogens (tertiary/aromatic N) is 2. The Kier molecular flexibility index (Phi) is 3.63. The van der Waals surface area contributed by atoms with Crippen molar-refractivity contribution < 1.29 is 4.79 Å². The van der Waals surface area contributed by atoms with Crippen LogP contribution in [0, 0.1) is 0 Å². The number of hydrogen-bond acceptors (Lipinski definition) is 2. The van der Waals surface area contributed by atoms with Crippen LogP contribution in [0.2, 0.25) is 0 Å². The first kappa shape index (κ1) is 11.6. The third-order valence-corrected chi connectivity index (χ3v) is 3.46. The summed E-state index contributed by atoms with van der Waals surface area (Å²) in [4.78, 5) is 11.9. The molecule has 88 valence electrons. The van der Waals surface area contributed by atoms with E-state index in [1.54, 1.807) is 10.9 Å². The number of hydrogen-bond donors (Lipinski definition) is 1. The van der Waals surface area contributed by atoms with Crippen molar-refractivity contribution in [2.75, 3.05) is 0 Å². The molecular formula is C11H16BrN3O. The van der Waals surface area contributed by atoms with Crippen LogP contribution >= 0.6 is 15.9 Å². The molecule has 1 aliphatic rings. The second-order valence-corrected chi connectivity index (χ2v) is 5.22. The van der Waals surface area contributed by atoms with Crippen LogP contribution in [-0.2, 0) is 4.79 Å². The quantitative estimate of drug-likeness (QED) is 0.926. The summed E-state index contributed by atoms with van der Waals surface area (Å²) in [6, 6.07) is 0.126. The SMILES string of the molecule is CC(C(=O)NC1CCCC1)n1cc(Br)cn1. The van der Waals surface area contributed by atoms with Gasteiger partial charge in [0.2, 0.25) is 5.91 Å². The first-order valence-corrected chi connectivity index (χ1v) is 6.46. The average molecular weight is 286 g/mol. The number of halogens is 1. The molecule has 0 bridgehead atoms. The Bertz CT molecular complexity index is 371. The fourth-order valence-corrected chi connectivity index (χ4v) is 2.34. The summed E-state index contributed by atoms with van der Waals surface area (Å²) in [5, 5.41) is 7.19. The molecule has 1 amide bonds. The van der Waals surface area contributed by atoms with Crippen molar-refractivity contribution in [3.05, 3.63) is 16.9 Å². The van der Waals surface area contributed by atoms with E-state index in [0.717, 1.165) is 17.3 Å². The number of carbonyl (C=O) groups excluding carboxylic acids is 1. The molecule has 1 aromatic heterocycles. The zero-order valence-corrected chi connectivity index (χ0v) is 10.9. The molecule has 0 radical (unpaired) electrons. The first-order chi connectivity index (χ1) is 7.66. The predicted octanol–water partition coefficient (Wildman–Crippen LogP) is 2.27. The normalized spacial score (nSPS) is 18.6. The summed E-state index contributed by atoms with van der Waals surface area (Å²) in [6.45, 7) is 1.86. The zero-order valence-electron chi connectivity index (χ0n) is 9.32. The van der Waals surface area contributed by atoms with E-state index in [1.165, 1.54) is 12.8 Å². The minimum atomic E-state index is -0.244. The summed E-state index contributed by atoms with van der Waals surface area (Å²) >= 11 is 3.32. The molecule has 5 heteroatoms. The van der Waals surface area contributed by atoms with Gasteiger partial charge in [0.05, 0.1) is 10.7 Å². The van der Waals surface area contributed by atoms with E-state index < -0.39 is 0 Å². The summed E-state index contributed by atoms with van der Waals surface area (Å²) < 4.78 is 2.57. The Morgan fingerprint density at radius 3 is 2.88 bits per heavy atom. The molecule has 1 saturated carbocycles. The molecule has 1 heterocycles. The molecule has 2 rings (SSSR count). The van der Waals surface area contributed by atoms with E-state index in [9.17, 15) is 4.79 Å². The lowest BCUT2D eigenvalue weighted by Gasteiger charge is -2.16. The standard InChI is InChI=1S/C11H16BrN3O/c1-8(15-7-9(12)6-13-15)11(16)14-10-4-2-3-5-10/h6-8,10H,2-5H2,1H3,(H,14,16). The number of carbonyl (C=O) groups is 1. The Morgan fingerprint density at radius 2 is 2.31 bits per heavy atom. The summed E-state index contributed by atoms with van der Waals surface area (Å²) in [5.41, 5.74) is 0. The summed E-state index contributed by atoms with van der Waals surface area (Å²) in [6.07, 6.45) is 8.19. The topological polar surface area (TPSA) is 46.9 Å². The van der Waals surface area contributed by atoms with Crippen LogP contribution < -0.4 is 5.32 Å². The number of rotatable bonds is 3. The highest BCUT2D eigenvalue weighted by atomic mass is 79.9. The van der Waals surface area contributed by atoms with E-state index in [4.69, 9.17) is 0 Å². The van der Waals surface area contributed by atoms with Gasteiger partial charge < -0.3 is 5.32 Å². The van der Waals surface area contributed by atoms with E-state index in [1.807, 2.05) is 13.1 Å². The fraction of sp³-hybridized carbons (Fsp3) is 0.636. The van der Waals surface area contributed by atoms with Gasteiger partial charge in [-0.25, -0.2) is 0 Å². The lowest BCUT2D eigenvalue weighted by atomic mass is 10.2. The molecule has 0 spiro atoms. The third kappa shape index (κ3) is 2.64. The molecule has 1 atom stereocenters. The lowest BCUT2D eigenvalue weighted by molar-refractivity contribution is -0.124. The van der Waals surface area contributed by atoms with E-state index in [-0.39, 0.29) is 11.9 Å². The van der Waals surface area contributed by atoms with Crippen molar-refractivity contribution in [1.29, 1.82) is 0 Å². The van der Waals surface area contributed by atoms with Gasteiger partial charge in [-0.2, -0.15) is 5.10 Å². The van der Waals surface area contributed by atoms with Gasteiger partial charge in [-0.1, -0.05) is 12.8 Å².